The number of hydrogen-bond donors (Lipinski definition) is 0. The number of nitro groups is 1. The number of aromatic nitrogens is 3. The van der Waals surface area contributed by atoms with E-state index >= 15 is 0 Å². The molecule has 150 valence electrons. The van der Waals surface area contributed by atoms with Crippen molar-refractivity contribution in [3.63, 3.8) is 0 Å². The maximum absolute atomic E-state index is 12.5. The standard InChI is InChI=1S/C19H18N4O6/c1-11(2)12-4-6-13(7-5-12)17-20-16(29-21-17)10-22-9-14(23(26)27)8-15(18(22)24)19(25)28-3/h4-9,11H,10H2,1-3H3. The third-order valence-corrected chi connectivity index (χ3v) is 4.30. The molecule has 2 aromatic heterocycles. The van der Waals surface area contributed by atoms with E-state index in [2.05, 4.69) is 28.7 Å². The number of pyridine rings is 1. The van der Waals surface area contributed by atoms with Gasteiger partial charge in [0.25, 0.3) is 11.2 Å². The molecule has 0 bridgehead atoms. The molecule has 10 heteroatoms. The lowest BCUT2D eigenvalue weighted by Crippen LogP contribution is -2.27. The Morgan fingerprint density at radius 1 is 1.31 bits per heavy atom. The van der Waals surface area contributed by atoms with Crippen LogP contribution in [0.2, 0.25) is 0 Å². The monoisotopic (exact) mass is 398 g/mol. The summed E-state index contributed by atoms with van der Waals surface area (Å²) in [6, 6.07) is 8.52. The van der Waals surface area contributed by atoms with Crippen LogP contribution in [0.15, 0.2) is 45.8 Å². The van der Waals surface area contributed by atoms with Gasteiger partial charge in [-0.1, -0.05) is 43.3 Å². The van der Waals surface area contributed by atoms with E-state index < -0.39 is 27.7 Å². The van der Waals surface area contributed by atoms with Crippen molar-refractivity contribution in [3.8, 4) is 11.4 Å². The fourth-order valence-electron chi connectivity index (χ4n) is 2.69. The molecule has 0 aliphatic rings. The zero-order chi connectivity index (χ0) is 21.1. The van der Waals surface area contributed by atoms with Gasteiger partial charge in [0.05, 0.1) is 18.2 Å². The smallest absolute Gasteiger partial charge is 0.343 e. The lowest BCUT2D eigenvalue weighted by atomic mass is 10.0. The summed E-state index contributed by atoms with van der Waals surface area (Å²) in [5.41, 5.74) is 0.241. The molecule has 29 heavy (non-hydrogen) atoms. The molecule has 0 aliphatic carbocycles. The summed E-state index contributed by atoms with van der Waals surface area (Å²) in [4.78, 5) is 38.9. The molecular weight excluding hydrogens is 380 g/mol. The van der Waals surface area contributed by atoms with Crippen molar-refractivity contribution < 1.29 is 19.0 Å². The largest absolute Gasteiger partial charge is 0.465 e. The van der Waals surface area contributed by atoms with Crippen LogP contribution in [0.3, 0.4) is 0 Å². The van der Waals surface area contributed by atoms with E-state index in [0.717, 1.165) is 35.1 Å². The van der Waals surface area contributed by atoms with Crippen LogP contribution in [-0.2, 0) is 11.3 Å². The third-order valence-electron chi connectivity index (χ3n) is 4.30. The number of carbonyl (C=O) groups excluding carboxylic acids is 1. The summed E-state index contributed by atoms with van der Waals surface area (Å²) in [7, 11) is 1.08. The maximum Gasteiger partial charge on any atom is 0.343 e. The fraction of sp³-hybridized carbons (Fsp3) is 0.263. The molecule has 1 aromatic carbocycles. The van der Waals surface area contributed by atoms with Gasteiger partial charge in [0.15, 0.2) is 0 Å². The van der Waals surface area contributed by atoms with Gasteiger partial charge < -0.3 is 9.26 Å². The van der Waals surface area contributed by atoms with Gasteiger partial charge in [-0.2, -0.15) is 4.98 Å². The Kier molecular flexibility index (Phi) is 5.53. The van der Waals surface area contributed by atoms with Crippen LogP contribution in [0.5, 0.6) is 0 Å². The van der Waals surface area contributed by atoms with E-state index in [9.17, 15) is 19.7 Å². The van der Waals surface area contributed by atoms with Crippen molar-refractivity contribution in [1.29, 1.82) is 0 Å². The number of benzene rings is 1. The molecule has 0 N–H and O–H groups in total. The minimum atomic E-state index is -0.969. The SMILES string of the molecule is COC(=O)c1cc([N+](=O)[O-])cn(Cc2nc(-c3ccc(C(C)C)cc3)no2)c1=O. The second-order valence-corrected chi connectivity index (χ2v) is 6.58. The lowest BCUT2D eigenvalue weighted by Gasteiger charge is -2.05. The minimum absolute atomic E-state index is 0.0614. The van der Waals surface area contributed by atoms with Crippen LogP contribution < -0.4 is 5.56 Å². The van der Waals surface area contributed by atoms with Gasteiger partial charge in [-0.05, 0) is 11.5 Å². The molecule has 0 atom stereocenters. The van der Waals surface area contributed by atoms with E-state index in [1.807, 2.05) is 24.3 Å². The van der Waals surface area contributed by atoms with E-state index in [4.69, 9.17) is 4.52 Å². The highest BCUT2D eigenvalue weighted by molar-refractivity contribution is 5.89. The highest BCUT2D eigenvalue weighted by Gasteiger charge is 2.21. The first-order chi connectivity index (χ1) is 13.8. The summed E-state index contributed by atoms with van der Waals surface area (Å²) in [6.45, 7) is 3.93. The van der Waals surface area contributed by atoms with Crippen LogP contribution in [0.4, 0.5) is 5.69 Å². The van der Waals surface area contributed by atoms with Gasteiger partial charge in [0.1, 0.15) is 12.1 Å². The predicted octanol–water partition coefficient (Wildman–Crippen LogP) is 2.76. The second-order valence-electron chi connectivity index (χ2n) is 6.58. The van der Waals surface area contributed by atoms with Crippen LogP contribution >= 0.6 is 0 Å². The lowest BCUT2D eigenvalue weighted by molar-refractivity contribution is -0.385. The average Bonchev–Trinajstić information content (AvgIpc) is 3.17. The minimum Gasteiger partial charge on any atom is -0.465 e. The molecule has 10 nitrogen and oxygen atoms in total. The molecular formula is C19H18N4O6. The molecule has 0 saturated carbocycles. The number of nitrogens with zero attached hydrogens (tertiary/aromatic N) is 4. The van der Waals surface area contributed by atoms with Gasteiger partial charge in [-0.15, -0.1) is 0 Å². The zero-order valence-electron chi connectivity index (χ0n) is 16.0. The number of carbonyl (C=O) groups is 1. The number of ether oxygens (including phenoxy) is 1. The van der Waals surface area contributed by atoms with Crippen molar-refractivity contribution >= 4 is 11.7 Å². The number of methoxy groups -OCH3 is 1. The van der Waals surface area contributed by atoms with E-state index in [1.165, 1.54) is 0 Å². The van der Waals surface area contributed by atoms with Crippen molar-refractivity contribution in [2.75, 3.05) is 7.11 Å². The first kappa shape index (κ1) is 19.9. The van der Waals surface area contributed by atoms with Crippen molar-refractivity contribution in [3.05, 3.63) is 74.0 Å². The Hall–Kier alpha value is -3.82. The first-order valence-corrected chi connectivity index (χ1v) is 8.70. The van der Waals surface area contributed by atoms with Gasteiger partial charge in [0, 0.05) is 11.6 Å². The van der Waals surface area contributed by atoms with Crippen molar-refractivity contribution in [1.82, 2.24) is 14.7 Å². The van der Waals surface area contributed by atoms with Crippen molar-refractivity contribution in [2.24, 2.45) is 0 Å². The third kappa shape index (κ3) is 4.21. The van der Waals surface area contributed by atoms with Crippen LogP contribution in [-0.4, -0.2) is 32.7 Å². The molecule has 0 spiro atoms. The number of hydrogen-bond acceptors (Lipinski definition) is 8. The Bertz CT molecular complexity index is 1110. The quantitative estimate of drug-likeness (QED) is 0.352. The molecule has 0 fully saturated rings. The van der Waals surface area contributed by atoms with E-state index in [-0.39, 0.29) is 12.4 Å². The summed E-state index contributed by atoms with van der Waals surface area (Å²) < 4.78 is 10.7. The van der Waals surface area contributed by atoms with E-state index in [0.29, 0.717) is 11.7 Å². The van der Waals surface area contributed by atoms with Gasteiger partial charge in [-0.25, -0.2) is 4.79 Å². The molecule has 0 unspecified atom stereocenters. The summed E-state index contributed by atoms with van der Waals surface area (Å²) in [6.07, 6.45) is 1.01. The van der Waals surface area contributed by atoms with Gasteiger partial charge in [0.2, 0.25) is 11.7 Å². The summed E-state index contributed by atoms with van der Waals surface area (Å²) >= 11 is 0. The highest BCUT2D eigenvalue weighted by atomic mass is 16.6. The summed E-state index contributed by atoms with van der Waals surface area (Å²) in [5.74, 6) is -0.202. The Labute approximate surface area is 164 Å². The summed E-state index contributed by atoms with van der Waals surface area (Å²) in [5, 5.41) is 15.0. The molecule has 2 heterocycles. The van der Waals surface area contributed by atoms with Gasteiger partial charge in [-0.3, -0.25) is 19.5 Å². The molecule has 3 aromatic rings. The number of esters is 1. The van der Waals surface area contributed by atoms with E-state index in [1.54, 1.807) is 0 Å². The second kappa shape index (κ2) is 8.05. The molecule has 0 saturated heterocycles. The average molecular weight is 398 g/mol. The van der Waals surface area contributed by atoms with Crippen LogP contribution in [0.1, 0.15) is 41.6 Å². The van der Waals surface area contributed by atoms with Gasteiger partial charge >= 0.3 is 5.97 Å². The Morgan fingerprint density at radius 3 is 2.59 bits per heavy atom. The molecule has 3 rings (SSSR count). The Morgan fingerprint density at radius 2 is 2.00 bits per heavy atom. The normalized spacial score (nSPS) is 10.9. The maximum atomic E-state index is 12.5. The highest BCUT2D eigenvalue weighted by Crippen LogP contribution is 2.21. The van der Waals surface area contributed by atoms with Crippen LogP contribution in [0.25, 0.3) is 11.4 Å². The first-order valence-electron chi connectivity index (χ1n) is 8.70. The Balaban J connectivity index is 1.93. The fourth-order valence-corrected chi connectivity index (χ4v) is 2.69. The number of rotatable bonds is 6. The van der Waals surface area contributed by atoms with Crippen molar-refractivity contribution in [2.45, 2.75) is 26.3 Å². The molecule has 0 amide bonds. The molecule has 0 radical (unpaired) electrons. The predicted molar refractivity (Wildman–Crippen MR) is 102 cm³/mol. The molecule has 0 aliphatic heterocycles. The van der Waals surface area contributed by atoms with Crippen LogP contribution in [0, 0.1) is 10.1 Å². The zero-order valence-corrected chi connectivity index (χ0v) is 16.0. The topological polar surface area (TPSA) is 130 Å².